The van der Waals surface area contributed by atoms with Crippen LogP contribution in [0, 0.1) is 5.82 Å². The van der Waals surface area contributed by atoms with Crippen LogP contribution < -0.4 is 20.7 Å². The van der Waals surface area contributed by atoms with E-state index < -0.39 is 34.5 Å². The van der Waals surface area contributed by atoms with Crippen LogP contribution in [0.15, 0.2) is 54.7 Å². The van der Waals surface area contributed by atoms with Crippen molar-refractivity contribution in [3.05, 3.63) is 76.8 Å². The number of nitrogens with one attached hydrogen (secondary N) is 3. The Labute approximate surface area is 222 Å². The molecule has 12 heteroatoms. The summed E-state index contributed by atoms with van der Waals surface area (Å²) in [7, 11) is 1.44. The molecule has 0 aliphatic carbocycles. The number of carbonyl (C=O) groups excluding carboxylic acids is 2. The van der Waals surface area contributed by atoms with Crippen LogP contribution in [0.1, 0.15) is 49.2 Å². The molecule has 1 aromatic heterocycles. The van der Waals surface area contributed by atoms with Crippen molar-refractivity contribution in [2.75, 3.05) is 17.7 Å². The lowest BCUT2D eigenvalue weighted by atomic mass is 10.2. The molecule has 0 fully saturated rings. The molecular formula is C26H27ClF4N4O3. The van der Waals surface area contributed by atoms with Crippen molar-refractivity contribution in [3.63, 3.8) is 0 Å². The van der Waals surface area contributed by atoms with Gasteiger partial charge >= 0.3 is 12.2 Å². The van der Waals surface area contributed by atoms with Gasteiger partial charge in [-0.15, -0.1) is 0 Å². The number of unbranched alkanes of at least 4 members (excludes halogenated alkanes) is 2. The quantitative estimate of drug-likeness (QED) is 0.259. The number of hydrogen-bond acceptors (Lipinski definition) is 4. The predicted octanol–water partition coefficient (Wildman–Crippen LogP) is 7.89. The van der Waals surface area contributed by atoms with Crippen molar-refractivity contribution < 1.29 is 31.9 Å². The van der Waals surface area contributed by atoms with E-state index in [0.717, 1.165) is 12.1 Å². The number of carbonyl (C=O) groups is 2. The summed E-state index contributed by atoms with van der Waals surface area (Å²) < 4.78 is 58.7. The molecule has 38 heavy (non-hydrogen) atoms. The van der Waals surface area contributed by atoms with Crippen LogP contribution in [-0.2, 0) is 6.18 Å². The van der Waals surface area contributed by atoms with Crippen LogP contribution in [0.2, 0.25) is 5.02 Å². The molecule has 0 atom stereocenters. The molecule has 0 saturated heterocycles. The van der Waals surface area contributed by atoms with Gasteiger partial charge in [0.1, 0.15) is 23.0 Å². The Bertz CT molecular complexity index is 1250. The molecule has 0 spiro atoms. The SMILES string of the molecule is CCCCC.CNC(=O)c1cc(Oc2ccc(NC(=O)Nc3ccc(Cl)c(C(F)(F)F)c3)c(F)c2)ccn1. The minimum atomic E-state index is -4.71. The Morgan fingerprint density at radius 2 is 1.66 bits per heavy atom. The fourth-order valence-corrected chi connectivity index (χ4v) is 3.21. The van der Waals surface area contributed by atoms with Crippen molar-refractivity contribution in [2.24, 2.45) is 0 Å². The van der Waals surface area contributed by atoms with E-state index in [1.165, 1.54) is 62.8 Å². The molecule has 1 heterocycles. The molecule has 0 aliphatic heterocycles. The first kappa shape index (κ1) is 30.4. The standard InChI is InChI=1S/C21H15ClF4N4O3.C5H12/c1-27-19(31)18-10-13(6-7-28-18)33-12-3-5-17(16(23)9-12)30-20(32)29-11-2-4-15(22)14(8-11)21(24,25)26;1-3-5-4-2/h2-10H,1H3,(H,27,31)(H2,29,30,32);3-5H2,1-2H3. The first-order valence-corrected chi connectivity index (χ1v) is 12.0. The summed E-state index contributed by atoms with van der Waals surface area (Å²) >= 11 is 5.54. The molecule has 3 N–H and O–H groups in total. The molecule has 0 unspecified atom stereocenters. The first-order chi connectivity index (χ1) is 18.0. The second-order valence-corrected chi connectivity index (χ2v) is 8.23. The van der Waals surface area contributed by atoms with Gasteiger partial charge in [-0.25, -0.2) is 9.18 Å². The lowest BCUT2D eigenvalue weighted by molar-refractivity contribution is -0.137. The second kappa shape index (κ2) is 14.2. The number of benzene rings is 2. The third kappa shape index (κ3) is 9.22. The monoisotopic (exact) mass is 554 g/mol. The summed E-state index contributed by atoms with van der Waals surface area (Å²) in [6, 6.07) is 8.21. The molecule has 7 nitrogen and oxygen atoms in total. The van der Waals surface area contributed by atoms with Crippen LogP contribution in [-0.4, -0.2) is 24.0 Å². The Balaban J connectivity index is 0.000000926. The number of rotatable bonds is 7. The molecule has 204 valence electrons. The van der Waals surface area contributed by atoms with Gasteiger partial charge in [0.25, 0.3) is 5.91 Å². The van der Waals surface area contributed by atoms with Crippen molar-refractivity contribution in [3.8, 4) is 11.5 Å². The van der Waals surface area contributed by atoms with Crippen LogP contribution in [0.25, 0.3) is 0 Å². The van der Waals surface area contributed by atoms with Gasteiger partial charge in [-0.3, -0.25) is 9.78 Å². The average molecular weight is 555 g/mol. The number of aromatic nitrogens is 1. The number of anilines is 2. The maximum absolute atomic E-state index is 14.4. The van der Waals surface area contributed by atoms with E-state index >= 15 is 0 Å². The van der Waals surface area contributed by atoms with Crippen molar-refractivity contribution >= 4 is 34.9 Å². The van der Waals surface area contributed by atoms with Crippen LogP contribution >= 0.6 is 11.6 Å². The topological polar surface area (TPSA) is 92.4 Å². The zero-order chi connectivity index (χ0) is 28.3. The Hall–Kier alpha value is -3.86. The number of hydrogen-bond donors (Lipinski definition) is 3. The van der Waals surface area contributed by atoms with Crippen LogP contribution in [0.5, 0.6) is 11.5 Å². The fraction of sp³-hybridized carbons (Fsp3) is 0.269. The summed E-state index contributed by atoms with van der Waals surface area (Å²) in [5.41, 5.74) is -1.45. The highest BCUT2D eigenvalue weighted by atomic mass is 35.5. The van der Waals surface area contributed by atoms with Gasteiger partial charge in [0.05, 0.1) is 16.3 Å². The van der Waals surface area contributed by atoms with Gasteiger partial charge in [0.2, 0.25) is 0 Å². The number of halogens is 5. The first-order valence-electron chi connectivity index (χ1n) is 11.6. The molecule has 3 aromatic rings. The highest BCUT2D eigenvalue weighted by Gasteiger charge is 2.33. The van der Waals surface area contributed by atoms with Gasteiger partial charge in [0, 0.05) is 31.1 Å². The summed E-state index contributed by atoms with van der Waals surface area (Å²) in [6.45, 7) is 4.42. The van der Waals surface area contributed by atoms with E-state index in [4.69, 9.17) is 16.3 Å². The third-order valence-corrected chi connectivity index (χ3v) is 5.18. The Morgan fingerprint density at radius 1 is 0.974 bits per heavy atom. The number of nitrogens with zero attached hydrogens (tertiary/aromatic N) is 1. The molecule has 0 aliphatic rings. The van der Waals surface area contributed by atoms with Gasteiger partial charge < -0.3 is 20.7 Å². The summed E-state index contributed by atoms with van der Waals surface area (Å²) in [6.07, 6.45) is 0.716. The van der Waals surface area contributed by atoms with Crippen LogP contribution in [0.3, 0.4) is 0 Å². The van der Waals surface area contributed by atoms with Crippen LogP contribution in [0.4, 0.5) is 33.7 Å². The minimum Gasteiger partial charge on any atom is -0.457 e. The maximum atomic E-state index is 14.4. The number of pyridine rings is 1. The fourth-order valence-electron chi connectivity index (χ4n) is 2.98. The second-order valence-electron chi connectivity index (χ2n) is 7.82. The van der Waals surface area contributed by atoms with Gasteiger partial charge in [-0.05, 0) is 36.4 Å². The number of alkyl halides is 3. The zero-order valence-corrected chi connectivity index (χ0v) is 21.6. The van der Waals surface area contributed by atoms with E-state index in [2.05, 4.69) is 34.8 Å². The predicted molar refractivity (Wildman–Crippen MR) is 138 cm³/mol. The molecular weight excluding hydrogens is 528 g/mol. The van der Waals surface area contributed by atoms with E-state index in [9.17, 15) is 27.2 Å². The molecule has 3 rings (SSSR count). The molecule has 3 amide bonds. The third-order valence-electron chi connectivity index (χ3n) is 4.85. The molecule has 0 radical (unpaired) electrons. The number of amides is 3. The van der Waals surface area contributed by atoms with E-state index in [1.54, 1.807) is 0 Å². The molecule has 2 aromatic carbocycles. The lowest BCUT2D eigenvalue weighted by Crippen LogP contribution is -2.20. The van der Waals surface area contributed by atoms with E-state index in [1.807, 2.05) is 0 Å². The van der Waals surface area contributed by atoms with Crippen molar-refractivity contribution in [1.29, 1.82) is 0 Å². The molecule has 0 saturated carbocycles. The highest BCUT2D eigenvalue weighted by molar-refractivity contribution is 6.31. The van der Waals surface area contributed by atoms with Gasteiger partial charge in [-0.1, -0.05) is 44.7 Å². The number of urea groups is 1. The highest BCUT2D eigenvalue weighted by Crippen LogP contribution is 2.36. The van der Waals surface area contributed by atoms with Gasteiger partial charge in [-0.2, -0.15) is 13.2 Å². The largest absolute Gasteiger partial charge is 0.457 e. The van der Waals surface area contributed by atoms with E-state index in [-0.39, 0.29) is 28.6 Å². The Morgan fingerprint density at radius 3 is 2.24 bits per heavy atom. The summed E-state index contributed by atoms with van der Waals surface area (Å²) in [4.78, 5) is 27.6. The normalized spacial score (nSPS) is 10.6. The van der Waals surface area contributed by atoms with Gasteiger partial charge in [0.15, 0.2) is 0 Å². The van der Waals surface area contributed by atoms with Crippen molar-refractivity contribution in [1.82, 2.24) is 10.3 Å². The molecule has 0 bridgehead atoms. The Kier molecular flexibility index (Phi) is 11.3. The van der Waals surface area contributed by atoms with Crippen molar-refractivity contribution in [2.45, 2.75) is 39.3 Å². The maximum Gasteiger partial charge on any atom is 0.417 e. The zero-order valence-electron chi connectivity index (χ0n) is 20.9. The average Bonchev–Trinajstić information content (AvgIpc) is 2.87. The number of ether oxygens (including phenoxy) is 1. The van der Waals surface area contributed by atoms with E-state index in [0.29, 0.717) is 6.07 Å². The summed E-state index contributed by atoms with van der Waals surface area (Å²) in [5.74, 6) is -1.000. The smallest absolute Gasteiger partial charge is 0.417 e. The summed E-state index contributed by atoms with van der Waals surface area (Å²) in [5, 5.41) is 6.27. The minimum absolute atomic E-state index is 0.0695. The lowest BCUT2D eigenvalue weighted by Gasteiger charge is -2.13.